The van der Waals surface area contributed by atoms with Gasteiger partial charge in [-0.15, -0.1) is 0 Å². The highest BCUT2D eigenvalue weighted by molar-refractivity contribution is 5.51. The number of nitrogen functional groups attached to an aromatic ring is 1. The molecule has 2 rings (SSSR count). The quantitative estimate of drug-likeness (QED) is 0.769. The molecule has 0 heterocycles. The first kappa shape index (κ1) is 12.2. The summed E-state index contributed by atoms with van der Waals surface area (Å²) in [6.07, 6.45) is 1.33. The SMILES string of the molecule is COc1ccc(CNCC2CC2(C)C)c(N)c1. The van der Waals surface area contributed by atoms with Gasteiger partial charge in [0, 0.05) is 18.3 Å². The highest BCUT2D eigenvalue weighted by atomic mass is 16.5. The summed E-state index contributed by atoms with van der Waals surface area (Å²) in [7, 11) is 1.65. The first-order valence-electron chi connectivity index (χ1n) is 6.16. The summed E-state index contributed by atoms with van der Waals surface area (Å²) in [4.78, 5) is 0. The number of methoxy groups -OCH3 is 1. The van der Waals surface area contributed by atoms with E-state index < -0.39 is 0 Å². The minimum absolute atomic E-state index is 0.540. The molecule has 0 amide bonds. The number of nitrogens with one attached hydrogen (secondary N) is 1. The van der Waals surface area contributed by atoms with Gasteiger partial charge in [-0.3, -0.25) is 0 Å². The highest BCUT2D eigenvalue weighted by Gasteiger charge is 2.44. The number of rotatable bonds is 5. The Morgan fingerprint density at radius 1 is 1.47 bits per heavy atom. The van der Waals surface area contributed by atoms with Crippen LogP contribution in [-0.4, -0.2) is 13.7 Å². The van der Waals surface area contributed by atoms with Crippen molar-refractivity contribution >= 4 is 5.69 Å². The van der Waals surface area contributed by atoms with Gasteiger partial charge < -0.3 is 15.8 Å². The highest BCUT2D eigenvalue weighted by Crippen LogP contribution is 2.50. The van der Waals surface area contributed by atoms with Crippen molar-refractivity contribution in [3.8, 4) is 5.75 Å². The second kappa shape index (κ2) is 4.57. The van der Waals surface area contributed by atoms with E-state index in [2.05, 4.69) is 19.2 Å². The van der Waals surface area contributed by atoms with Gasteiger partial charge >= 0.3 is 0 Å². The lowest BCUT2D eigenvalue weighted by molar-refractivity contribution is 0.415. The van der Waals surface area contributed by atoms with Crippen LogP contribution < -0.4 is 15.8 Å². The molecular formula is C14H22N2O. The first-order chi connectivity index (χ1) is 8.03. The first-order valence-corrected chi connectivity index (χ1v) is 6.16. The lowest BCUT2D eigenvalue weighted by atomic mass is 10.1. The maximum Gasteiger partial charge on any atom is 0.120 e. The zero-order valence-electron chi connectivity index (χ0n) is 10.9. The normalized spacial score (nSPS) is 21.2. The van der Waals surface area contributed by atoms with Gasteiger partial charge in [-0.25, -0.2) is 0 Å². The third-order valence-corrected chi connectivity index (χ3v) is 3.78. The maximum atomic E-state index is 5.96. The average molecular weight is 234 g/mol. The van der Waals surface area contributed by atoms with Crippen LogP contribution in [0.25, 0.3) is 0 Å². The molecule has 1 unspecified atom stereocenters. The molecule has 0 spiro atoms. The molecule has 94 valence electrons. The molecule has 0 aliphatic heterocycles. The van der Waals surface area contributed by atoms with E-state index >= 15 is 0 Å². The minimum atomic E-state index is 0.540. The molecule has 1 atom stereocenters. The number of nitrogens with two attached hydrogens (primary N) is 1. The summed E-state index contributed by atoms with van der Waals surface area (Å²) in [5.41, 5.74) is 8.44. The van der Waals surface area contributed by atoms with Crippen LogP contribution in [0.3, 0.4) is 0 Å². The summed E-state index contributed by atoms with van der Waals surface area (Å²) in [5.74, 6) is 1.64. The molecular weight excluding hydrogens is 212 g/mol. The molecule has 1 fully saturated rings. The van der Waals surface area contributed by atoms with Crippen LogP contribution in [-0.2, 0) is 6.54 Å². The third-order valence-electron chi connectivity index (χ3n) is 3.78. The Morgan fingerprint density at radius 2 is 2.18 bits per heavy atom. The zero-order chi connectivity index (χ0) is 12.5. The van der Waals surface area contributed by atoms with Gasteiger partial charge in [-0.05, 0) is 35.9 Å². The topological polar surface area (TPSA) is 47.3 Å². The van der Waals surface area contributed by atoms with Crippen molar-refractivity contribution in [1.82, 2.24) is 5.32 Å². The smallest absolute Gasteiger partial charge is 0.120 e. The summed E-state index contributed by atoms with van der Waals surface area (Å²) < 4.78 is 5.13. The predicted molar refractivity (Wildman–Crippen MR) is 71.0 cm³/mol. The van der Waals surface area contributed by atoms with Crippen LogP contribution in [0.15, 0.2) is 18.2 Å². The predicted octanol–water partition coefficient (Wildman–Crippen LogP) is 2.41. The summed E-state index contributed by atoms with van der Waals surface area (Å²) in [5, 5.41) is 3.48. The Hall–Kier alpha value is -1.22. The molecule has 0 aromatic heterocycles. The van der Waals surface area contributed by atoms with Crippen molar-refractivity contribution in [1.29, 1.82) is 0 Å². The molecule has 17 heavy (non-hydrogen) atoms. The van der Waals surface area contributed by atoms with Crippen molar-refractivity contribution < 1.29 is 4.74 Å². The molecule has 3 nitrogen and oxygen atoms in total. The van der Waals surface area contributed by atoms with E-state index in [4.69, 9.17) is 10.5 Å². The van der Waals surface area contributed by atoms with E-state index in [1.54, 1.807) is 7.11 Å². The van der Waals surface area contributed by atoms with Gasteiger partial charge in [0.05, 0.1) is 7.11 Å². The van der Waals surface area contributed by atoms with E-state index in [-0.39, 0.29) is 0 Å². The molecule has 1 aliphatic carbocycles. The molecule has 3 N–H and O–H groups in total. The Labute approximate surface area is 103 Å². The molecule has 1 aliphatic rings. The zero-order valence-corrected chi connectivity index (χ0v) is 10.9. The van der Waals surface area contributed by atoms with Gasteiger partial charge in [0.15, 0.2) is 0 Å². The van der Waals surface area contributed by atoms with Crippen LogP contribution in [0, 0.1) is 11.3 Å². The fraction of sp³-hybridized carbons (Fsp3) is 0.571. The lowest BCUT2D eigenvalue weighted by Crippen LogP contribution is -2.18. The molecule has 0 bridgehead atoms. The second-order valence-corrected chi connectivity index (χ2v) is 5.59. The van der Waals surface area contributed by atoms with E-state index in [9.17, 15) is 0 Å². The van der Waals surface area contributed by atoms with Crippen LogP contribution in [0.2, 0.25) is 0 Å². The monoisotopic (exact) mass is 234 g/mol. The van der Waals surface area contributed by atoms with Crippen molar-refractivity contribution in [2.24, 2.45) is 11.3 Å². The van der Waals surface area contributed by atoms with Gasteiger partial charge in [-0.1, -0.05) is 19.9 Å². The summed E-state index contributed by atoms with van der Waals surface area (Å²) in [6.45, 7) is 6.56. The van der Waals surface area contributed by atoms with Crippen LogP contribution >= 0.6 is 0 Å². The fourth-order valence-corrected chi connectivity index (χ4v) is 2.17. The lowest BCUT2D eigenvalue weighted by Gasteiger charge is -2.10. The fourth-order valence-electron chi connectivity index (χ4n) is 2.17. The van der Waals surface area contributed by atoms with Gasteiger partial charge in [-0.2, -0.15) is 0 Å². The molecule has 1 saturated carbocycles. The third kappa shape index (κ3) is 2.91. The summed E-state index contributed by atoms with van der Waals surface area (Å²) in [6, 6.07) is 5.85. The van der Waals surface area contributed by atoms with Crippen LogP contribution in [0.1, 0.15) is 25.8 Å². The Morgan fingerprint density at radius 3 is 2.71 bits per heavy atom. The second-order valence-electron chi connectivity index (χ2n) is 5.59. The average Bonchev–Trinajstić information content (AvgIpc) is 2.89. The van der Waals surface area contributed by atoms with E-state index in [0.717, 1.165) is 36.0 Å². The van der Waals surface area contributed by atoms with Crippen molar-refractivity contribution in [3.05, 3.63) is 23.8 Å². The molecule has 0 radical (unpaired) electrons. The van der Waals surface area contributed by atoms with Crippen molar-refractivity contribution in [2.45, 2.75) is 26.8 Å². The van der Waals surface area contributed by atoms with Crippen molar-refractivity contribution in [2.75, 3.05) is 19.4 Å². The number of hydrogen-bond donors (Lipinski definition) is 2. The molecule has 1 aromatic rings. The standard InChI is InChI=1S/C14H22N2O/c1-14(2)7-11(14)9-16-8-10-4-5-12(17-3)6-13(10)15/h4-6,11,16H,7-9,15H2,1-3H3. The van der Waals surface area contributed by atoms with E-state index in [0.29, 0.717) is 5.41 Å². The molecule has 0 saturated heterocycles. The van der Waals surface area contributed by atoms with E-state index in [1.807, 2.05) is 18.2 Å². The number of hydrogen-bond acceptors (Lipinski definition) is 3. The Balaban J connectivity index is 1.83. The van der Waals surface area contributed by atoms with Crippen molar-refractivity contribution in [3.63, 3.8) is 0 Å². The van der Waals surface area contributed by atoms with Crippen LogP contribution in [0.5, 0.6) is 5.75 Å². The number of ether oxygens (including phenoxy) is 1. The van der Waals surface area contributed by atoms with Gasteiger partial charge in [0.25, 0.3) is 0 Å². The molecule has 3 heteroatoms. The van der Waals surface area contributed by atoms with Gasteiger partial charge in [0.1, 0.15) is 5.75 Å². The Kier molecular flexibility index (Phi) is 3.29. The Bertz CT molecular complexity index is 401. The maximum absolute atomic E-state index is 5.96. The molecule has 1 aromatic carbocycles. The minimum Gasteiger partial charge on any atom is -0.497 e. The number of anilines is 1. The van der Waals surface area contributed by atoms with Gasteiger partial charge in [0.2, 0.25) is 0 Å². The number of benzene rings is 1. The van der Waals surface area contributed by atoms with E-state index in [1.165, 1.54) is 6.42 Å². The largest absolute Gasteiger partial charge is 0.497 e. The van der Waals surface area contributed by atoms with Crippen LogP contribution in [0.4, 0.5) is 5.69 Å². The summed E-state index contributed by atoms with van der Waals surface area (Å²) >= 11 is 0.